The number of hydrogen-bond acceptors (Lipinski definition) is 3. The Balaban J connectivity index is 1.71. The molecule has 3 rings (SSSR count). The number of imidazole rings is 1. The second kappa shape index (κ2) is 3.52. The van der Waals surface area contributed by atoms with E-state index in [4.69, 9.17) is 0 Å². The average Bonchev–Trinajstić information content (AvgIpc) is 2.86. The van der Waals surface area contributed by atoms with Crippen LogP contribution in [0.25, 0.3) is 0 Å². The van der Waals surface area contributed by atoms with Crippen LogP contribution in [0.3, 0.4) is 0 Å². The maximum absolute atomic E-state index is 4.33. The lowest BCUT2D eigenvalue weighted by atomic mass is 10.1. The van der Waals surface area contributed by atoms with E-state index in [2.05, 4.69) is 19.8 Å². The molecule has 0 aromatic carbocycles. The summed E-state index contributed by atoms with van der Waals surface area (Å²) in [5.74, 6) is 1.01. The van der Waals surface area contributed by atoms with E-state index >= 15 is 0 Å². The van der Waals surface area contributed by atoms with E-state index in [1.54, 1.807) is 0 Å². The number of nitrogens with zero attached hydrogens (tertiary/aromatic N) is 3. The van der Waals surface area contributed by atoms with Gasteiger partial charge in [-0.15, -0.1) is 0 Å². The van der Waals surface area contributed by atoms with Gasteiger partial charge < -0.3 is 9.88 Å². The van der Waals surface area contributed by atoms with Crippen molar-refractivity contribution in [1.29, 1.82) is 0 Å². The van der Waals surface area contributed by atoms with Crippen LogP contribution in [0.2, 0.25) is 0 Å². The number of fused-ring (bicyclic) bond motifs is 1. The Kier molecular flexibility index (Phi) is 2.16. The first kappa shape index (κ1) is 9.21. The SMILES string of the molecule is Cn1ccnc1NC1CCN2CCCC12. The molecule has 1 N–H and O–H groups in total. The van der Waals surface area contributed by atoms with Gasteiger partial charge in [0, 0.05) is 38.1 Å². The summed E-state index contributed by atoms with van der Waals surface area (Å²) < 4.78 is 2.05. The molecule has 0 saturated carbocycles. The van der Waals surface area contributed by atoms with Crippen molar-refractivity contribution in [2.75, 3.05) is 18.4 Å². The van der Waals surface area contributed by atoms with Crippen molar-refractivity contribution in [1.82, 2.24) is 14.5 Å². The Hall–Kier alpha value is -1.03. The van der Waals surface area contributed by atoms with Crippen molar-refractivity contribution in [2.24, 2.45) is 7.05 Å². The van der Waals surface area contributed by atoms with Gasteiger partial charge in [-0.3, -0.25) is 4.90 Å². The smallest absolute Gasteiger partial charge is 0.202 e. The molecule has 0 aliphatic carbocycles. The number of hydrogen-bond donors (Lipinski definition) is 1. The summed E-state index contributed by atoms with van der Waals surface area (Å²) in [5.41, 5.74) is 0. The van der Waals surface area contributed by atoms with Crippen LogP contribution in [0.4, 0.5) is 5.95 Å². The van der Waals surface area contributed by atoms with Crippen molar-refractivity contribution >= 4 is 5.95 Å². The van der Waals surface area contributed by atoms with E-state index in [9.17, 15) is 0 Å². The molecule has 1 aromatic rings. The minimum Gasteiger partial charge on any atom is -0.351 e. The molecule has 15 heavy (non-hydrogen) atoms. The van der Waals surface area contributed by atoms with Gasteiger partial charge in [0.15, 0.2) is 0 Å². The number of aryl methyl sites for hydroxylation is 1. The topological polar surface area (TPSA) is 33.1 Å². The molecule has 0 bridgehead atoms. The zero-order chi connectivity index (χ0) is 10.3. The number of rotatable bonds is 2. The van der Waals surface area contributed by atoms with Gasteiger partial charge in [0.1, 0.15) is 0 Å². The molecule has 3 heterocycles. The van der Waals surface area contributed by atoms with Crippen LogP contribution >= 0.6 is 0 Å². The van der Waals surface area contributed by atoms with Gasteiger partial charge in [-0.25, -0.2) is 4.98 Å². The van der Waals surface area contributed by atoms with Crippen molar-refractivity contribution in [3.05, 3.63) is 12.4 Å². The lowest BCUT2D eigenvalue weighted by molar-refractivity contribution is 0.318. The molecule has 2 unspecified atom stereocenters. The van der Waals surface area contributed by atoms with Crippen molar-refractivity contribution in [2.45, 2.75) is 31.3 Å². The highest BCUT2D eigenvalue weighted by Crippen LogP contribution is 2.29. The predicted molar refractivity (Wildman–Crippen MR) is 59.8 cm³/mol. The van der Waals surface area contributed by atoms with Crippen molar-refractivity contribution in [3.8, 4) is 0 Å². The fourth-order valence-corrected chi connectivity index (χ4v) is 2.92. The molecule has 0 amide bonds. The maximum Gasteiger partial charge on any atom is 0.202 e. The highest BCUT2D eigenvalue weighted by Gasteiger charge is 2.37. The molecule has 2 saturated heterocycles. The van der Waals surface area contributed by atoms with Crippen LogP contribution in [0.5, 0.6) is 0 Å². The molecule has 2 atom stereocenters. The second-order valence-electron chi connectivity index (χ2n) is 4.65. The minimum absolute atomic E-state index is 0.605. The molecule has 82 valence electrons. The zero-order valence-corrected chi connectivity index (χ0v) is 9.19. The van der Waals surface area contributed by atoms with E-state index in [0.717, 1.165) is 12.0 Å². The van der Waals surface area contributed by atoms with Crippen LogP contribution in [0.1, 0.15) is 19.3 Å². The molecule has 1 aromatic heterocycles. The lowest BCUT2D eigenvalue weighted by Gasteiger charge is -2.21. The summed E-state index contributed by atoms with van der Waals surface area (Å²) in [6.45, 7) is 2.55. The van der Waals surface area contributed by atoms with Gasteiger partial charge in [-0.2, -0.15) is 0 Å². The normalized spacial score (nSPS) is 30.7. The Morgan fingerprint density at radius 2 is 2.33 bits per heavy atom. The molecular weight excluding hydrogens is 188 g/mol. The van der Waals surface area contributed by atoms with Gasteiger partial charge >= 0.3 is 0 Å². The minimum atomic E-state index is 0.605. The Labute approximate surface area is 90.3 Å². The van der Waals surface area contributed by atoms with Gasteiger partial charge in [0.25, 0.3) is 0 Å². The third-order valence-corrected chi connectivity index (χ3v) is 3.74. The molecular formula is C11H18N4. The fourth-order valence-electron chi connectivity index (χ4n) is 2.92. The highest BCUT2D eigenvalue weighted by molar-refractivity contribution is 5.29. The van der Waals surface area contributed by atoms with Crippen LogP contribution < -0.4 is 5.32 Å². The number of nitrogens with one attached hydrogen (secondary N) is 1. The molecule has 0 spiro atoms. The van der Waals surface area contributed by atoms with Gasteiger partial charge in [-0.05, 0) is 25.8 Å². The summed E-state index contributed by atoms with van der Waals surface area (Å²) in [5, 5.41) is 3.57. The Bertz CT molecular complexity index is 346. The molecule has 2 aliphatic heterocycles. The summed E-state index contributed by atoms with van der Waals surface area (Å²) >= 11 is 0. The van der Waals surface area contributed by atoms with Crippen LogP contribution in [-0.2, 0) is 7.05 Å². The molecule has 0 radical (unpaired) electrons. The second-order valence-corrected chi connectivity index (χ2v) is 4.65. The number of aromatic nitrogens is 2. The third kappa shape index (κ3) is 1.53. The van der Waals surface area contributed by atoms with Gasteiger partial charge in [0.05, 0.1) is 0 Å². The number of anilines is 1. The van der Waals surface area contributed by atoms with E-state index < -0.39 is 0 Å². The lowest BCUT2D eigenvalue weighted by Crippen LogP contribution is -2.34. The van der Waals surface area contributed by atoms with Gasteiger partial charge in [0.2, 0.25) is 5.95 Å². The Morgan fingerprint density at radius 3 is 3.13 bits per heavy atom. The first-order valence-electron chi connectivity index (χ1n) is 5.82. The molecule has 4 nitrogen and oxygen atoms in total. The van der Waals surface area contributed by atoms with Crippen LogP contribution in [0.15, 0.2) is 12.4 Å². The molecule has 2 fully saturated rings. The van der Waals surface area contributed by atoms with Crippen molar-refractivity contribution in [3.63, 3.8) is 0 Å². The monoisotopic (exact) mass is 206 g/mol. The van der Waals surface area contributed by atoms with E-state index in [0.29, 0.717) is 6.04 Å². The van der Waals surface area contributed by atoms with Crippen LogP contribution in [0, 0.1) is 0 Å². The zero-order valence-electron chi connectivity index (χ0n) is 9.19. The maximum atomic E-state index is 4.33. The van der Waals surface area contributed by atoms with E-state index in [-0.39, 0.29) is 0 Å². The largest absolute Gasteiger partial charge is 0.351 e. The summed E-state index contributed by atoms with van der Waals surface area (Å²) in [4.78, 5) is 6.94. The summed E-state index contributed by atoms with van der Waals surface area (Å²) in [6.07, 6.45) is 7.82. The molecule has 2 aliphatic rings. The first-order valence-corrected chi connectivity index (χ1v) is 5.82. The van der Waals surface area contributed by atoms with Crippen LogP contribution in [-0.4, -0.2) is 39.6 Å². The average molecular weight is 206 g/mol. The summed E-state index contributed by atoms with van der Waals surface area (Å²) in [6, 6.07) is 1.36. The summed E-state index contributed by atoms with van der Waals surface area (Å²) in [7, 11) is 2.04. The first-order chi connectivity index (χ1) is 7.34. The fraction of sp³-hybridized carbons (Fsp3) is 0.727. The standard InChI is InChI=1S/C11H18N4/c1-14-8-5-12-11(14)13-9-4-7-15-6-2-3-10(9)15/h5,8-10H,2-4,6-7H2,1H3,(H,12,13). The highest BCUT2D eigenvalue weighted by atomic mass is 15.3. The quantitative estimate of drug-likeness (QED) is 0.785. The third-order valence-electron chi connectivity index (χ3n) is 3.74. The Morgan fingerprint density at radius 1 is 1.40 bits per heavy atom. The molecule has 4 heteroatoms. The predicted octanol–water partition coefficient (Wildman–Crippen LogP) is 1.07. The van der Waals surface area contributed by atoms with Crippen molar-refractivity contribution < 1.29 is 0 Å². The van der Waals surface area contributed by atoms with E-state index in [1.165, 1.54) is 32.4 Å². The van der Waals surface area contributed by atoms with Gasteiger partial charge in [-0.1, -0.05) is 0 Å². The van der Waals surface area contributed by atoms with E-state index in [1.807, 2.05) is 19.4 Å².